The van der Waals surface area contributed by atoms with Gasteiger partial charge in [-0.1, -0.05) is 12.1 Å². The minimum Gasteiger partial charge on any atom is -0.409 e. The van der Waals surface area contributed by atoms with Crippen molar-refractivity contribution in [2.75, 3.05) is 18.1 Å². The van der Waals surface area contributed by atoms with Gasteiger partial charge >= 0.3 is 0 Å². The average Bonchev–Trinajstić information content (AvgIpc) is 2.27. The van der Waals surface area contributed by atoms with E-state index in [0.29, 0.717) is 18.1 Å². The number of carbonyl (C=O) groups is 1. The maximum absolute atomic E-state index is 11.7. The van der Waals surface area contributed by atoms with Gasteiger partial charge in [0.1, 0.15) is 5.41 Å². The van der Waals surface area contributed by atoms with Crippen LogP contribution in [-0.2, 0) is 15.6 Å². The van der Waals surface area contributed by atoms with Crippen molar-refractivity contribution in [1.29, 1.82) is 0 Å². The molecule has 0 bridgehead atoms. The number of nitrogens with one attached hydrogen (secondary N) is 1. The van der Waals surface area contributed by atoms with Crippen molar-refractivity contribution in [3.05, 3.63) is 0 Å². The van der Waals surface area contributed by atoms with Crippen LogP contribution in [0.5, 0.6) is 0 Å². The molecule has 1 atom stereocenters. The lowest BCUT2D eigenvalue weighted by atomic mass is 9.91. The van der Waals surface area contributed by atoms with Gasteiger partial charge in [0.2, 0.25) is 5.91 Å². The van der Waals surface area contributed by atoms with Gasteiger partial charge in [-0.3, -0.25) is 9.00 Å². The summed E-state index contributed by atoms with van der Waals surface area (Å²) in [7, 11) is -0.908. The first-order chi connectivity index (χ1) is 7.36. The van der Waals surface area contributed by atoms with Gasteiger partial charge in [0, 0.05) is 28.9 Å². The lowest BCUT2D eigenvalue weighted by Crippen LogP contribution is -2.46. The van der Waals surface area contributed by atoms with Crippen LogP contribution in [0.2, 0.25) is 0 Å². The third kappa shape index (κ3) is 4.18. The first-order valence-electron chi connectivity index (χ1n) is 4.97. The molecule has 0 aliphatic rings. The van der Waals surface area contributed by atoms with E-state index in [9.17, 15) is 9.00 Å². The molecule has 0 heterocycles. The minimum atomic E-state index is -1.07. The van der Waals surface area contributed by atoms with E-state index in [-0.39, 0.29) is 11.7 Å². The van der Waals surface area contributed by atoms with Gasteiger partial charge in [-0.25, -0.2) is 0 Å². The summed E-state index contributed by atoms with van der Waals surface area (Å²) in [6.07, 6.45) is 0. The highest BCUT2D eigenvalue weighted by atomic mass is 32.2. The molecule has 6 nitrogen and oxygen atoms in total. The number of nitrogens with two attached hydrogens (primary N) is 1. The van der Waals surface area contributed by atoms with Crippen molar-refractivity contribution in [3.63, 3.8) is 0 Å². The average molecular weight is 249 g/mol. The second-order valence-corrected chi connectivity index (χ2v) is 5.66. The van der Waals surface area contributed by atoms with Crippen LogP contribution in [0.15, 0.2) is 5.16 Å². The van der Waals surface area contributed by atoms with Crippen molar-refractivity contribution >= 4 is 22.5 Å². The highest BCUT2D eigenvalue weighted by Gasteiger charge is 2.32. The predicted molar refractivity (Wildman–Crippen MR) is 63.8 cm³/mol. The fraction of sp³-hybridized carbons (Fsp3) is 0.778. The molecule has 0 aliphatic carbocycles. The van der Waals surface area contributed by atoms with Crippen molar-refractivity contribution in [3.8, 4) is 0 Å². The van der Waals surface area contributed by atoms with E-state index in [2.05, 4.69) is 10.5 Å². The molecule has 0 radical (unpaired) electrons. The van der Waals surface area contributed by atoms with Crippen LogP contribution in [0, 0.1) is 5.41 Å². The molecule has 4 N–H and O–H groups in total. The van der Waals surface area contributed by atoms with Crippen LogP contribution < -0.4 is 11.1 Å². The molecule has 16 heavy (non-hydrogen) atoms. The molecule has 0 saturated heterocycles. The second kappa shape index (κ2) is 6.47. The maximum atomic E-state index is 11.7. The van der Waals surface area contributed by atoms with Crippen LogP contribution in [0.4, 0.5) is 0 Å². The summed E-state index contributed by atoms with van der Waals surface area (Å²) in [5.41, 5.74) is 4.32. The van der Waals surface area contributed by atoms with E-state index in [1.807, 2.05) is 6.92 Å². The molecule has 0 aromatic carbocycles. The summed E-state index contributed by atoms with van der Waals surface area (Å²) in [6.45, 7) is 5.24. The lowest BCUT2D eigenvalue weighted by Gasteiger charge is -2.21. The number of rotatable bonds is 6. The van der Waals surface area contributed by atoms with E-state index in [4.69, 9.17) is 10.9 Å². The Morgan fingerprint density at radius 2 is 2.12 bits per heavy atom. The molecule has 7 heteroatoms. The normalized spacial score (nSPS) is 14.6. The Bertz CT molecular complexity index is 302. The van der Waals surface area contributed by atoms with Gasteiger partial charge in [-0.2, -0.15) is 0 Å². The van der Waals surface area contributed by atoms with Gasteiger partial charge in [0.15, 0.2) is 5.84 Å². The van der Waals surface area contributed by atoms with E-state index < -0.39 is 16.2 Å². The molecular weight excluding hydrogens is 230 g/mol. The number of hydrogen-bond donors (Lipinski definition) is 3. The topological polar surface area (TPSA) is 105 Å². The summed E-state index contributed by atoms with van der Waals surface area (Å²) in [5, 5.41) is 13.9. The number of oxime groups is 1. The van der Waals surface area contributed by atoms with Crippen molar-refractivity contribution < 1.29 is 14.2 Å². The quantitative estimate of drug-likeness (QED) is 0.259. The van der Waals surface area contributed by atoms with Crippen LogP contribution in [0.25, 0.3) is 0 Å². The molecule has 1 unspecified atom stereocenters. The zero-order valence-corrected chi connectivity index (χ0v) is 10.6. The Morgan fingerprint density at radius 1 is 1.56 bits per heavy atom. The maximum Gasteiger partial charge on any atom is 0.233 e. The third-order valence-electron chi connectivity index (χ3n) is 2.25. The van der Waals surface area contributed by atoms with Crippen molar-refractivity contribution in [1.82, 2.24) is 5.32 Å². The van der Waals surface area contributed by atoms with Gasteiger partial charge in [-0.15, -0.1) is 0 Å². The van der Waals surface area contributed by atoms with Gasteiger partial charge in [-0.05, 0) is 13.8 Å². The van der Waals surface area contributed by atoms with Gasteiger partial charge in [0.25, 0.3) is 0 Å². The molecule has 0 aliphatic heterocycles. The minimum absolute atomic E-state index is 0.151. The molecule has 0 aromatic heterocycles. The molecule has 94 valence electrons. The number of hydrogen-bond acceptors (Lipinski definition) is 4. The number of carbonyl (C=O) groups excluding carboxylic acids is 1. The second-order valence-electron chi connectivity index (χ2n) is 3.80. The van der Waals surface area contributed by atoms with Crippen LogP contribution >= 0.6 is 0 Å². The fourth-order valence-corrected chi connectivity index (χ4v) is 1.50. The standard InChI is InChI=1S/C9H19N3O3S/c1-4-16(15)6-5-11-8(13)9(2,3)7(10)12-14/h14H,4-6H2,1-3H3,(H2,10,12)(H,11,13). The monoisotopic (exact) mass is 249 g/mol. The molecule has 0 fully saturated rings. The molecular formula is C9H19N3O3S. The Hall–Kier alpha value is -1.11. The first kappa shape index (κ1) is 14.9. The van der Waals surface area contributed by atoms with Crippen LogP contribution in [0.1, 0.15) is 20.8 Å². The highest BCUT2D eigenvalue weighted by Crippen LogP contribution is 2.14. The van der Waals surface area contributed by atoms with E-state index in [1.165, 1.54) is 0 Å². The molecule has 1 amide bonds. The first-order valence-corrected chi connectivity index (χ1v) is 6.46. The van der Waals surface area contributed by atoms with E-state index in [1.54, 1.807) is 13.8 Å². The molecule has 0 spiro atoms. The zero-order chi connectivity index (χ0) is 12.8. The number of amidine groups is 1. The van der Waals surface area contributed by atoms with Gasteiger partial charge in [0.05, 0.1) is 0 Å². The van der Waals surface area contributed by atoms with Crippen LogP contribution in [0.3, 0.4) is 0 Å². The smallest absolute Gasteiger partial charge is 0.233 e. The fourth-order valence-electron chi connectivity index (χ4n) is 0.885. The van der Waals surface area contributed by atoms with Crippen molar-refractivity contribution in [2.24, 2.45) is 16.3 Å². The summed E-state index contributed by atoms with van der Waals surface area (Å²) < 4.78 is 11.1. The zero-order valence-electron chi connectivity index (χ0n) is 9.82. The van der Waals surface area contributed by atoms with E-state index in [0.717, 1.165) is 0 Å². The summed E-state index contributed by atoms with van der Waals surface area (Å²) in [6, 6.07) is 0. The predicted octanol–water partition coefficient (Wildman–Crippen LogP) is -0.356. The Balaban J connectivity index is 4.21. The molecule has 0 aromatic rings. The Labute approximate surface area is 97.7 Å². The number of nitrogens with zero attached hydrogens (tertiary/aromatic N) is 1. The van der Waals surface area contributed by atoms with Crippen LogP contribution in [-0.4, -0.2) is 39.2 Å². The van der Waals surface area contributed by atoms with E-state index >= 15 is 0 Å². The summed E-state index contributed by atoms with van der Waals surface area (Å²) in [4.78, 5) is 11.7. The molecule has 0 rings (SSSR count). The number of amides is 1. The highest BCUT2D eigenvalue weighted by molar-refractivity contribution is 7.84. The van der Waals surface area contributed by atoms with Gasteiger partial charge < -0.3 is 16.3 Å². The lowest BCUT2D eigenvalue weighted by molar-refractivity contribution is -0.126. The Kier molecular flexibility index (Phi) is 6.02. The third-order valence-corrected chi connectivity index (χ3v) is 3.56. The SMILES string of the molecule is CCS(=O)CCNC(=O)C(C)(C)C(N)=NO. The summed E-state index contributed by atoms with van der Waals surface area (Å²) >= 11 is 0. The largest absolute Gasteiger partial charge is 0.409 e. The molecule has 0 saturated carbocycles. The summed E-state index contributed by atoms with van der Waals surface area (Å²) in [5.74, 6) is 0.478. The van der Waals surface area contributed by atoms with Crippen molar-refractivity contribution in [2.45, 2.75) is 20.8 Å². The Morgan fingerprint density at radius 3 is 2.56 bits per heavy atom.